The molecule has 0 spiro atoms. The van der Waals surface area contributed by atoms with Gasteiger partial charge in [0.1, 0.15) is 0 Å². The van der Waals surface area contributed by atoms with Gasteiger partial charge in [-0.05, 0) is 20.4 Å². The van der Waals surface area contributed by atoms with Crippen LogP contribution in [0.25, 0.3) is 0 Å². The van der Waals surface area contributed by atoms with E-state index in [9.17, 15) is 4.79 Å². The maximum absolute atomic E-state index is 10.6. The second kappa shape index (κ2) is 6.39. The van der Waals surface area contributed by atoms with Crippen LogP contribution in [0.2, 0.25) is 0 Å². The van der Waals surface area contributed by atoms with Crippen LogP contribution in [-0.2, 0) is 11.3 Å². The van der Waals surface area contributed by atoms with Crippen LogP contribution in [-0.4, -0.2) is 38.6 Å². The minimum Gasteiger partial charge on any atom is -0.481 e. The van der Waals surface area contributed by atoms with Gasteiger partial charge in [0.2, 0.25) is 0 Å². The number of imidazole rings is 1. The van der Waals surface area contributed by atoms with Crippen LogP contribution >= 0.6 is 0 Å². The summed E-state index contributed by atoms with van der Waals surface area (Å²) in [4.78, 5) is 16.8. The molecule has 1 heterocycles. The number of hydrogen-bond donors (Lipinski definition) is 1. The molecule has 1 aromatic heterocycles. The molecule has 0 saturated heterocycles. The van der Waals surface area contributed by atoms with E-state index in [2.05, 4.69) is 28.3 Å². The molecule has 0 aliphatic rings. The predicted octanol–water partition coefficient (Wildman–Crippen LogP) is 1.76. The van der Waals surface area contributed by atoms with Crippen molar-refractivity contribution in [3.63, 3.8) is 0 Å². The molecular weight excluding hydrogens is 218 g/mol. The van der Waals surface area contributed by atoms with Crippen LogP contribution in [0.3, 0.4) is 0 Å². The summed E-state index contributed by atoms with van der Waals surface area (Å²) in [5.74, 6) is -0.749. The monoisotopic (exact) mass is 239 g/mol. The third-order valence-electron chi connectivity index (χ3n) is 2.78. The number of aromatic nitrogens is 2. The Labute approximate surface area is 102 Å². The Bertz CT molecular complexity index is 360. The van der Waals surface area contributed by atoms with Gasteiger partial charge in [-0.1, -0.05) is 6.92 Å². The van der Waals surface area contributed by atoms with Gasteiger partial charge in [-0.3, -0.25) is 9.69 Å². The van der Waals surface area contributed by atoms with E-state index >= 15 is 0 Å². The lowest BCUT2D eigenvalue weighted by Gasteiger charge is -2.21. The second-order valence-electron chi connectivity index (χ2n) is 4.40. The van der Waals surface area contributed by atoms with E-state index in [0.717, 1.165) is 18.8 Å². The molecule has 1 aromatic rings. The highest BCUT2D eigenvalue weighted by atomic mass is 16.4. The zero-order valence-corrected chi connectivity index (χ0v) is 10.8. The van der Waals surface area contributed by atoms with E-state index in [1.807, 2.05) is 19.4 Å². The summed E-state index contributed by atoms with van der Waals surface area (Å²) in [6.07, 6.45) is 3.86. The van der Waals surface area contributed by atoms with E-state index in [4.69, 9.17) is 5.11 Å². The first kappa shape index (κ1) is 13.7. The maximum Gasteiger partial charge on any atom is 0.304 e. The highest BCUT2D eigenvalue weighted by Crippen LogP contribution is 2.11. The first-order valence-corrected chi connectivity index (χ1v) is 5.99. The van der Waals surface area contributed by atoms with Gasteiger partial charge < -0.3 is 9.67 Å². The number of rotatable bonds is 7. The predicted molar refractivity (Wildman–Crippen MR) is 65.8 cm³/mol. The first-order chi connectivity index (χ1) is 8.04. The Morgan fingerprint density at radius 1 is 1.59 bits per heavy atom. The summed E-state index contributed by atoms with van der Waals surface area (Å²) >= 11 is 0. The molecule has 5 heteroatoms. The largest absolute Gasteiger partial charge is 0.481 e. The summed E-state index contributed by atoms with van der Waals surface area (Å²) in [5, 5.41) is 8.68. The van der Waals surface area contributed by atoms with Crippen LogP contribution in [0.15, 0.2) is 12.5 Å². The molecular formula is C12H21N3O2. The molecule has 0 aliphatic carbocycles. The summed E-state index contributed by atoms with van der Waals surface area (Å²) in [6.45, 7) is 8.43. The van der Waals surface area contributed by atoms with Crippen molar-refractivity contribution in [1.29, 1.82) is 0 Å². The number of carboxylic acids is 1. The molecule has 0 amide bonds. The molecule has 0 fully saturated rings. The first-order valence-electron chi connectivity index (χ1n) is 5.99. The Kier molecular flexibility index (Phi) is 5.15. The van der Waals surface area contributed by atoms with Crippen molar-refractivity contribution in [2.45, 2.75) is 39.8 Å². The molecule has 0 unspecified atom stereocenters. The maximum atomic E-state index is 10.6. The fourth-order valence-corrected chi connectivity index (χ4v) is 1.75. The minimum absolute atomic E-state index is 0.184. The van der Waals surface area contributed by atoms with Gasteiger partial charge in [0.05, 0.1) is 18.4 Å². The number of carboxylic acid groups (broad SMARTS) is 1. The Balaban J connectivity index is 2.60. The zero-order valence-electron chi connectivity index (χ0n) is 10.8. The summed E-state index contributed by atoms with van der Waals surface area (Å²) in [7, 11) is 0. The standard InChI is InChI=1S/C12H21N3O2/c1-4-14(6-5-12(16)17)8-11-7-13-9-15(11)10(2)3/h7,9-10H,4-6,8H2,1-3H3,(H,16,17). The molecule has 0 aliphatic heterocycles. The van der Waals surface area contributed by atoms with E-state index in [0.29, 0.717) is 12.6 Å². The fraction of sp³-hybridized carbons (Fsp3) is 0.667. The third-order valence-corrected chi connectivity index (χ3v) is 2.78. The quantitative estimate of drug-likeness (QED) is 0.787. The number of carbonyl (C=O) groups is 1. The molecule has 96 valence electrons. The molecule has 5 nitrogen and oxygen atoms in total. The molecule has 0 atom stereocenters. The average molecular weight is 239 g/mol. The zero-order chi connectivity index (χ0) is 12.8. The Morgan fingerprint density at radius 2 is 2.29 bits per heavy atom. The number of aliphatic carboxylic acids is 1. The molecule has 17 heavy (non-hydrogen) atoms. The SMILES string of the molecule is CCN(CCC(=O)O)Cc1cncn1C(C)C. The molecule has 0 bridgehead atoms. The van der Waals surface area contributed by atoms with Gasteiger partial charge in [0.25, 0.3) is 0 Å². The second-order valence-corrected chi connectivity index (χ2v) is 4.40. The van der Waals surface area contributed by atoms with Crippen molar-refractivity contribution >= 4 is 5.97 Å². The van der Waals surface area contributed by atoms with Crippen LogP contribution in [0.4, 0.5) is 0 Å². The number of hydrogen-bond acceptors (Lipinski definition) is 3. The molecule has 0 aromatic carbocycles. The van der Waals surface area contributed by atoms with Gasteiger partial charge in [-0.15, -0.1) is 0 Å². The van der Waals surface area contributed by atoms with Crippen LogP contribution in [0.1, 0.15) is 38.9 Å². The highest BCUT2D eigenvalue weighted by molar-refractivity contribution is 5.66. The van der Waals surface area contributed by atoms with Crippen molar-refractivity contribution in [3.05, 3.63) is 18.2 Å². The van der Waals surface area contributed by atoms with Crippen LogP contribution < -0.4 is 0 Å². The molecule has 0 radical (unpaired) electrons. The van der Waals surface area contributed by atoms with Crippen molar-refractivity contribution < 1.29 is 9.90 Å². The van der Waals surface area contributed by atoms with Gasteiger partial charge in [-0.25, -0.2) is 4.98 Å². The van der Waals surface area contributed by atoms with Gasteiger partial charge in [-0.2, -0.15) is 0 Å². The lowest BCUT2D eigenvalue weighted by molar-refractivity contribution is -0.137. The summed E-state index contributed by atoms with van der Waals surface area (Å²) < 4.78 is 2.11. The molecule has 0 saturated carbocycles. The van der Waals surface area contributed by atoms with E-state index in [1.165, 1.54) is 0 Å². The lowest BCUT2D eigenvalue weighted by Crippen LogP contribution is -2.27. The third kappa shape index (κ3) is 4.19. The van der Waals surface area contributed by atoms with E-state index in [-0.39, 0.29) is 6.42 Å². The van der Waals surface area contributed by atoms with Crippen molar-refractivity contribution in [2.75, 3.05) is 13.1 Å². The van der Waals surface area contributed by atoms with Crippen LogP contribution in [0.5, 0.6) is 0 Å². The van der Waals surface area contributed by atoms with E-state index in [1.54, 1.807) is 0 Å². The van der Waals surface area contributed by atoms with E-state index < -0.39 is 5.97 Å². The van der Waals surface area contributed by atoms with Gasteiger partial charge in [0.15, 0.2) is 0 Å². The molecule has 1 rings (SSSR count). The number of nitrogens with zero attached hydrogens (tertiary/aromatic N) is 3. The molecule has 1 N–H and O–H groups in total. The van der Waals surface area contributed by atoms with Crippen LogP contribution in [0, 0.1) is 0 Å². The van der Waals surface area contributed by atoms with Crippen molar-refractivity contribution in [2.24, 2.45) is 0 Å². The average Bonchev–Trinajstić information content (AvgIpc) is 2.71. The Morgan fingerprint density at radius 3 is 2.82 bits per heavy atom. The fourth-order valence-electron chi connectivity index (χ4n) is 1.75. The van der Waals surface area contributed by atoms with Gasteiger partial charge >= 0.3 is 5.97 Å². The van der Waals surface area contributed by atoms with Crippen molar-refractivity contribution in [3.8, 4) is 0 Å². The topological polar surface area (TPSA) is 58.4 Å². The lowest BCUT2D eigenvalue weighted by atomic mass is 10.3. The van der Waals surface area contributed by atoms with Crippen molar-refractivity contribution in [1.82, 2.24) is 14.5 Å². The smallest absolute Gasteiger partial charge is 0.304 e. The minimum atomic E-state index is -0.749. The Hall–Kier alpha value is -1.36. The normalized spacial score (nSPS) is 11.4. The van der Waals surface area contributed by atoms with Gasteiger partial charge in [0, 0.05) is 25.3 Å². The summed E-state index contributed by atoms with van der Waals surface area (Å²) in [6, 6.07) is 0.380. The summed E-state index contributed by atoms with van der Waals surface area (Å²) in [5.41, 5.74) is 1.13. The highest BCUT2D eigenvalue weighted by Gasteiger charge is 2.10.